The summed E-state index contributed by atoms with van der Waals surface area (Å²) < 4.78 is 4.89. The Morgan fingerprint density at radius 3 is 2.14 bits per heavy atom. The van der Waals surface area contributed by atoms with E-state index in [0.717, 1.165) is 12.0 Å². The minimum Gasteiger partial charge on any atom is -0.456 e. The van der Waals surface area contributed by atoms with Crippen LogP contribution in [0.1, 0.15) is 25.3 Å². The topological polar surface area (TPSA) is 84.5 Å². The maximum atomic E-state index is 11.9. The molecular weight excluding hydrogens is 403 g/mol. The van der Waals surface area contributed by atoms with Crippen LogP contribution in [0.25, 0.3) is 0 Å². The van der Waals surface area contributed by atoms with Gasteiger partial charge in [0.25, 0.3) is 5.91 Å². The largest absolute Gasteiger partial charge is 0.456 e. The van der Waals surface area contributed by atoms with Crippen LogP contribution in [0.2, 0.25) is 10.0 Å². The predicted molar refractivity (Wildman–Crippen MR) is 110 cm³/mol. The first-order chi connectivity index (χ1) is 13.4. The van der Waals surface area contributed by atoms with Gasteiger partial charge in [-0.05, 0) is 42.3 Å². The van der Waals surface area contributed by atoms with Crippen molar-refractivity contribution in [2.45, 2.75) is 26.2 Å². The summed E-state index contributed by atoms with van der Waals surface area (Å²) in [7, 11) is 0. The number of benzene rings is 2. The molecule has 2 aromatic carbocycles. The Bertz CT molecular complexity index is 854. The summed E-state index contributed by atoms with van der Waals surface area (Å²) in [5.74, 6) is -1.46. The summed E-state index contributed by atoms with van der Waals surface area (Å²) >= 11 is 11.7. The molecule has 0 aliphatic rings. The first kappa shape index (κ1) is 21.7. The molecule has 0 spiro atoms. The highest BCUT2D eigenvalue weighted by Gasteiger charge is 2.11. The van der Waals surface area contributed by atoms with Crippen LogP contribution >= 0.6 is 23.2 Å². The molecule has 0 aliphatic heterocycles. The van der Waals surface area contributed by atoms with E-state index in [9.17, 15) is 14.4 Å². The zero-order chi connectivity index (χ0) is 20.5. The molecule has 2 aromatic rings. The van der Waals surface area contributed by atoms with E-state index in [2.05, 4.69) is 10.6 Å². The Morgan fingerprint density at radius 2 is 1.50 bits per heavy atom. The fourth-order valence-corrected chi connectivity index (χ4v) is 2.55. The first-order valence-electron chi connectivity index (χ1n) is 8.66. The molecule has 28 heavy (non-hydrogen) atoms. The summed E-state index contributed by atoms with van der Waals surface area (Å²) in [4.78, 5) is 35.4. The number of carbonyl (C=O) groups excluding carboxylic acids is 3. The second-order valence-electron chi connectivity index (χ2n) is 5.94. The van der Waals surface area contributed by atoms with Crippen molar-refractivity contribution in [3.8, 4) is 0 Å². The molecule has 0 aliphatic carbocycles. The molecule has 2 rings (SSSR count). The Hall–Kier alpha value is -2.57. The predicted octanol–water partition coefficient (Wildman–Crippen LogP) is 4.46. The van der Waals surface area contributed by atoms with Crippen LogP contribution < -0.4 is 10.6 Å². The van der Waals surface area contributed by atoms with Crippen LogP contribution in [-0.2, 0) is 25.5 Å². The zero-order valence-electron chi connectivity index (χ0n) is 15.3. The third kappa shape index (κ3) is 7.21. The number of hydrogen-bond donors (Lipinski definition) is 2. The van der Waals surface area contributed by atoms with E-state index in [1.54, 1.807) is 24.3 Å². The van der Waals surface area contributed by atoms with Gasteiger partial charge in [0.1, 0.15) is 0 Å². The fraction of sp³-hybridized carbons (Fsp3) is 0.250. The number of nitrogens with one attached hydrogen (secondary N) is 2. The van der Waals surface area contributed by atoms with E-state index in [1.807, 2.05) is 19.1 Å². The average molecular weight is 423 g/mol. The van der Waals surface area contributed by atoms with Gasteiger partial charge in [-0.15, -0.1) is 0 Å². The molecule has 2 amide bonds. The van der Waals surface area contributed by atoms with Crippen molar-refractivity contribution in [2.24, 2.45) is 0 Å². The number of rotatable bonds is 8. The molecule has 0 unspecified atom stereocenters. The molecule has 2 N–H and O–H groups in total. The van der Waals surface area contributed by atoms with Crippen LogP contribution in [0.5, 0.6) is 0 Å². The van der Waals surface area contributed by atoms with Gasteiger partial charge in [-0.25, -0.2) is 0 Å². The molecule has 0 aromatic heterocycles. The number of amides is 2. The molecule has 0 fully saturated rings. The van der Waals surface area contributed by atoms with E-state index in [-0.39, 0.29) is 18.7 Å². The Morgan fingerprint density at radius 1 is 0.857 bits per heavy atom. The van der Waals surface area contributed by atoms with E-state index in [0.29, 0.717) is 21.4 Å². The third-order valence-corrected chi connectivity index (χ3v) is 4.51. The highest BCUT2D eigenvalue weighted by Crippen LogP contribution is 2.25. The van der Waals surface area contributed by atoms with Gasteiger partial charge in [-0.2, -0.15) is 0 Å². The monoisotopic (exact) mass is 422 g/mol. The number of anilines is 2. The van der Waals surface area contributed by atoms with Crippen molar-refractivity contribution in [1.82, 2.24) is 0 Å². The van der Waals surface area contributed by atoms with Gasteiger partial charge in [0.15, 0.2) is 6.61 Å². The molecule has 0 radical (unpaired) electrons. The summed E-state index contributed by atoms with van der Waals surface area (Å²) in [5, 5.41) is 5.93. The smallest absolute Gasteiger partial charge is 0.306 e. The molecule has 0 saturated carbocycles. The van der Waals surface area contributed by atoms with Crippen molar-refractivity contribution in [2.75, 3.05) is 17.2 Å². The maximum absolute atomic E-state index is 11.9. The highest BCUT2D eigenvalue weighted by molar-refractivity contribution is 6.42. The van der Waals surface area contributed by atoms with Crippen molar-refractivity contribution >= 4 is 52.4 Å². The SMILES string of the molecule is CCc1ccc(NC(=O)COC(=O)CCC(=O)Nc2ccc(Cl)c(Cl)c2)cc1. The minimum absolute atomic E-state index is 0.0841. The number of aryl methyl sites for hydroxylation is 1. The molecule has 0 bridgehead atoms. The number of ether oxygens (including phenoxy) is 1. The number of esters is 1. The van der Waals surface area contributed by atoms with Gasteiger partial charge in [-0.3, -0.25) is 14.4 Å². The molecule has 0 atom stereocenters. The number of halogens is 2. The van der Waals surface area contributed by atoms with Crippen LogP contribution in [0.15, 0.2) is 42.5 Å². The second kappa shape index (κ2) is 10.7. The maximum Gasteiger partial charge on any atom is 0.306 e. The molecule has 8 heteroatoms. The normalized spacial score (nSPS) is 10.2. The molecular formula is C20H20Cl2N2O4. The lowest BCUT2D eigenvalue weighted by Gasteiger charge is -2.08. The minimum atomic E-state index is -0.638. The summed E-state index contributed by atoms with van der Waals surface area (Å²) in [5.41, 5.74) is 2.25. The average Bonchev–Trinajstić information content (AvgIpc) is 2.68. The Kier molecular flexibility index (Phi) is 8.29. The van der Waals surface area contributed by atoms with Crippen molar-refractivity contribution in [3.05, 3.63) is 58.1 Å². The molecule has 6 nitrogen and oxygen atoms in total. The van der Waals surface area contributed by atoms with Crippen LogP contribution in [0, 0.1) is 0 Å². The number of hydrogen-bond acceptors (Lipinski definition) is 4. The van der Waals surface area contributed by atoms with E-state index in [4.69, 9.17) is 27.9 Å². The third-order valence-electron chi connectivity index (χ3n) is 3.77. The van der Waals surface area contributed by atoms with Gasteiger partial charge in [-0.1, -0.05) is 42.3 Å². The fourth-order valence-electron chi connectivity index (χ4n) is 2.25. The summed E-state index contributed by atoms with van der Waals surface area (Å²) in [6.45, 7) is 1.63. The molecule has 0 heterocycles. The Balaban J connectivity index is 1.69. The van der Waals surface area contributed by atoms with Crippen molar-refractivity contribution in [1.29, 1.82) is 0 Å². The Labute approximate surface area is 173 Å². The van der Waals surface area contributed by atoms with E-state index >= 15 is 0 Å². The van der Waals surface area contributed by atoms with Crippen LogP contribution in [0.3, 0.4) is 0 Å². The van der Waals surface area contributed by atoms with Gasteiger partial charge >= 0.3 is 5.97 Å². The standard InChI is InChI=1S/C20H20Cl2N2O4/c1-2-13-3-5-14(6-4-13)23-19(26)12-28-20(27)10-9-18(25)24-15-7-8-16(21)17(22)11-15/h3-8,11H,2,9-10,12H2,1H3,(H,23,26)(H,24,25). The van der Waals surface area contributed by atoms with Crippen molar-refractivity contribution in [3.63, 3.8) is 0 Å². The summed E-state index contributed by atoms with van der Waals surface area (Å²) in [6.07, 6.45) is 0.676. The van der Waals surface area contributed by atoms with Crippen LogP contribution in [0.4, 0.5) is 11.4 Å². The first-order valence-corrected chi connectivity index (χ1v) is 9.42. The van der Waals surface area contributed by atoms with Gasteiger partial charge < -0.3 is 15.4 Å². The van der Waals surface area contributed by atoms with E-state index < -0.39 is 18.5 Å². The van der Waals surface area contributed by atoms with Gasteiger partial charge in [0, 0.05) is 17.8 Å². The quantitative estimate of drug-likeness (QED) is 0.615. The number of carbonyl (C=O) groups is 3. The summed E-state index contributed by atoms with van der Waals surface area (Å²) in [6, 6.07) is 12.1. The zero-order valence-corrected chi connectivity index (χ0v) is 16.8. The lowest BCUT2D eigenvalue weighted by Crippen LogP contribution is -2.21. The second-order valence-corrected chi connectivity index (χ2v) is 6.75. The lowest BCUT2D eigenvalue weighted by molar-refractivity contribution is -0.147. The van der Waals surface area contributed by atoms with Gasteiger partial charge in [0.2, 0.25) is 5.91 Å². The highest BCUT2D eigenvalue weighted by atomic mass is 35.5. The molecule has 0 saturated heterocycles. The van der Waals surface area contributed by atoms with Crippen molar-refractivity contribution < 1.29 is 19.1 Å². The lowest BCUT2D eigenvalue weighted by atomic mass is 10.1. The van der Waals surface area contributed by atoms with Crippen LogP contribution in [-0.4, -0.2) is 24.4 Å². The van der Waals surface area contributed by atoms with E-state index in [1.165, 1.54) is 6.07 Å². The van der Waals surface area contributed by atoms with Gasteiger partial charge in [0.05, 0.1) is 16.5 Å². The molecule has 148 valence electrons.